The fraction of sp³-hybridized carbons (Fsp3) is 0.214. The van der Waals surface area contributed by atoms with Gasteiger partial charge in [-0.3, -0.25) is 9.78 Å². The molecular formula is C14H11N3O. The lowest BCUT2D eigenvalue weighted by Crippen LogP contribution is -2.15. The molecule has 4 nitrogen and oxygen atoms in total. The first-order valence-electron chi connectivity index (χ1n) is 5.90. The first-order chi connectivity index (χ1) is 8.81. The highest BCUT2D eigenvalue weighted by Crippen LogP contribution is 2.31. The van der Waals surface area contributed by atoms with E-state index in [9.17, 15) is 10.1 Å². The van der Waals surface area contributed by atoms with Crippen molar-refractivity contribution in [2.24, 2.45) is 0 Å². The molecule has 2 aromatic heterocycles. The second-order valence-electron chi connectivity index (χ2n) is 4.37. The van der Waals surface area contributed by atoms with E-state index < -0.39 is 0 Å². The Bertz CT molecular complexity index is 695. The van der Waals surface area contributed by atoms with Gasteiger partial charge in [-0.15, -0.1) is 0 Å². The molecule has 0 bridgehead atoms. The minimum Gasteiger partial charge on any atom is -0.325 e. The Kier molecular flexibility index (Phi) is 2.45. The molecule has 88 valence electrons. The summed E-state index contributed by atoms with van der Waals surface area (Å²) in [6.07, 6.45) is 6.19. The number of hydrogen-bond donors (Lipinski definition) is 1. The first kappa shape index (κ1) is 10.7. The highest BCUT2D eigenvalue weighted by Gasteiger charge is 2.22. The minimum absolute atomic E-state index is 0.198. The van der Waals surface area contributed by atoms with Crippen molar-refractivity contribution in [3.63, 3.8) is 0 Å². The Hall–Kier alpha value is -2.41. The van der Waals surface area contributed by atoms with Gasteiger partial charge in [-0.25, -0.2) is 0 Å². The summed E-state index contributed by atoms with van der Waals surface area (Å²) in [6, 6.07) is 5.73. The van der Waals surface area contributed by atoms with Gasteiger partial charge >= 0.3 is 0 Å². The topological polar surface area (TPSA) is 69.5 Å². The van der Waals surface area contributed by atoms with Crippen LogP contribution < -0.4 is 5.56 Å². The number of rotatable bonds is 1. The predicted molar refractivity (Wildman–Crippen MR) is 67.0 cm³/mol. The molecular weight excluding hydrogens is 226 g/mol. The Morgan fingerprint density at radius 2 is 2.28 bits per heavy atom. The van der Waals surface area contributed by atoms with Gasteiger partial charge in [-0.2, -0.15) is 5.26 Å². The predicted octanol–water partition coefficient (Wildman–Crippen LogP) is 1.80. The van der Waals surface area contributed by atoms with E-state index in [0.717, 1.165) is 41.6 Å². The number of fused-ring (bicyclic) bond motifs is 1. The van der Waals surface area contributed by atoms with Gasteiger partial charge in [0.15, 0.2) is 0 Å². The average molecular weight is 237 g/mol. The van der Waals surface area contributed by atoms with Crippen LogP contribution in [0.25, 0.3) is 11.1 Å². The van der Waals surface area contributed by atoms with Crippen molar-refractivity contribution in [1.29, 1.82) is 5.26 Å². The SMILES string of the molecule is N#Cc1c(-c2cccnc2)c2c([nH]c1=O)CCC2. The van der Waals surface area contributed by atoms with Crippen molar-refractivity contribution < 1.29 is 0 Å². The summed E-state index contributed by atoms with van der Waals surface area (Å²) < 4.78 is 0. The molecule has 0 aliphatic heterocycles. The number of aryl methyl sites for hydroxylation is 1. The van der Waals surface area contributed by atoms with E-state index in [-0.39, 0.29) is 11.1 Å². The quantitative estimate of drug-likeness (QED) is 0.822. The van der Waals surface area contributed by atoms with E-state index in [0.29, 0.717) is 0 Å². The fourth-order valence-corrected chi connectivity index (χ4v) is 2.56. The van der Waals surface area contributed by atoms with Gasteiger partial charge in [0.1, 0.15) is 11.6 Å². The second-order valence-corrected chi connectivity index (χ2v) is 4.37. The molecule has 0 spiro atoms. The van der Waals surface area contributed by atoms with Crippen molar-refractivity contribution in [3.05, 3.63) is 51.7 Å². The van der Waals surface area contributed by atoms with Crippen molar-refractivity contribution in [1.82, 2.24) is 9.97 Å². The molecule has 4 heteroatoms. The van der Waals surface area contributed by atoms with E-state index in [1.807, 2.05) is 18.2 Å². The molecule has 2 heterocycles. The fourth-order valence-electron chi connectivity index (χ4n) is 2.56. The minimum atomic E-state index is -0.294. The molecule has 1 aliphatic rings. The van der Waals surface area contributed by atoms with E-state index in [2.05, 4.69) is 9.97 Å². The number of nitrogens with one attached hydrogen (secondary N) is 1. The van der Waals surface area contributed by atoms with Crippen molar-refractivity contribution >= 4 is 0 Å². The van der Waals surface area contributed by atoms with Crippen LogP contribution in [-0.4, -0.2) is 9.97 Å². The van der Waals surface area contributed by atoms with Gasteiger partial charge in [0.2, 0.25) is 0 Å². The van der Waals surface area contributed by atoms with E-state index >= 15 is 0 Å². The van der Waals surface area contributed by atoms with Gasteiger partial charge < -0.3 is 4.98 Å². The van der Waals surface area contributed by atoms with Crippen molar-refractivity contribution in [2.45, 2.75) is 19.3 Å². The maximum absolute atomic E-state index is 11.9. The molecule has 0 amide bonds. The summed E-state index contributed by atoms with van der Waals surface area (Å²) in [7, 11) is 0. The highest BCUT2D eigenvalue weighted by molar-refractivity contribution is 5.74. The number of pyridine rings is 2. The van der Waals surface area contributed by atoms with Crippen LogP contribution in [0.4, 0.5) is 0 Å². The summed E-state index contributed by atoms with van der Waals surface area (Å²) in [4.78, 5) is 18.8. The lowest BCUT2D eigenvalue weighted by Gasteiger charge is -2.09. The van der Waals surface area contributed by atoms with Crippen LogP contribution in [0.5, 0.6) is 0 Å². The second kappa shape index (κ2) is 4.11. The molecule has 18 heavy (non-hydrogen) atoms. The van der Waals surface area contributed by atoms with Crippen LogP contribution in [0.15, 0.2) is 29.3 Å². The molecule has 0 saturated heterocycles. The molecule has 0 aromatic carbocycles. The van der Waals surface area contributed by atoms with Gasteiger partial charge in [-0.1, -0.05) is 6.07 Å². The van der Waals surface area contributed by atoms with Crippen LogP contribution in [0, 0.1) is 11.3 Å². The third-order valence-corrected chi connectivity index (χ3v) is 3.32. The molecule has 0 radical (unpaired) electrons. The molecule has 2 aromatic rings. The Morgan fingerprint density at radius 3 is 3.00 bits per heavy atom. The van der Waals surface area contributed by atoms with Gasteiger partial charge in [0.25, 0.3) is 5.56 Å². The van der Waals surface area contributed by atoms with Crippen LogP contribution in [0.1, 0.15) is 23.2 Å². The highest BCUT2D eigenvalue weighted by atomic mass is 16.1. The summed E-state index contributed by atoms with van der Waals surface area (Å²) in [5.41, 5.74) is 3.58. The maximum atomic E-state index is 11.9. The van der Waals surface area contributed by atoms with E-state index in [1.54, 1.807) is 12.4 Å². The van der Waals surface area contributed by atoms with Crippen molar-refractivity contribution in [3.8, 4) is 17.2 Å². The smallest absolute Gasteiger partial charge is 0.266 e. The van der Waals surface area contributed by atoms with Crippen LogP contribution in [-0.2, 0) is 12.8 Å². The zero-order valence-electron chi connectivity index (χ0n) is 9.73. The Labute approximate surface area is 104 Å². The van der Waals surface area contributed by atoms with Crippen LogP contribution in [0.3, 0.4) is 0 Å². The Balaban J connectivity index is 2.38. The first-order valence-corrected chi connectivity index (χ1v) is 5.90. The van der Waals surface area contributed by atoms with Gasteiger partial charge in [0.05, 0.1) is 0 Å². The third kappa shape index (κ3) is 1.52. The largest absolute Gasteiger partial charge is 0.325 e. The lowest BCUT2D eigenvalue weighted by atomic mass is 9.96. The molecule has 0 fully saturated rings. The molecule has 0 saturated carbocycles. The monoisotopic (exact) mass is 237 g/mol. The van der Waals surface area contributed by atoms with Crippen molar-refractivity contribution in [2.75, 3.05) is 0 Å². The normalized spacial score (nSPS) is 13.1. The molecule has 0 atom stereocenters. The number of nitriles is 1. The number of hydrogen-bond acceptors (Lipinski definition) is 3. The maximum Gasteiger partial charge on any atom is 0.266 e. The molecule has 0 unspecified atom stereocenters. The zero-order valence-corrected chi connectivity index (χ0v) is 9.73. The average Bonchev–Trinajstić information content (AvgIpc) is 2.85. The number of nitrogens with zero attached hydrogens (tertiary/aromatic N) is 2. The Morgan fingerprint density at radius 1 is 1.39 bits per heavy atom. The summed E-state index contributed by atoms with van der Waals surface area (Å²) in [5, 5.41) is 9.20. The number of aromatic nitrogens is 2. The number of H-pyrrole nitrogens is 1. The van der Waals surface area contributed by atoms with E-state index in [1.165, 1.54) is 0 Å². The summed E-state index contributed by atoms with van der Waals surface area (Å²) in [5.74, 6) is 0. The number of aromatic amines is 1. The van der Waals surface area contributed by atoms with Crippen LogP contribution in [0.2, 0.25) is 0 Å². The van der Waals surface area contributed by atoms with Gasteiger partial charge in [-0.05, 0) is 30.9 Å². The molecule has 3 rings (SSSR count). The molecule has 1 aliphatic carbocycles. The summed E-state index contributed by atoms with van der Waals surface area (Å²) in [6.45, 7) is 0. The molecule has 1 N–H and O–H groups in total. The van der Waals surface area contributed by atoms with E-state index in [4.69, 9.17) is 0 Å². The lowest BCUT2D eigenvalue weighted by molar-refractivity contribution is 0.897. The summed E-state index contributed by atoms with van der Waals surface area (Å²) >= 11 is 0. The third-order valence-electron chi connectivity index (χ3n) is 3.32. The zero-order chi connectivity index (χ0) is 12.5. The van der Waals surface area contributed by atoms with Crippen LogP contribution >= 0.6 is 0 Å². The standard InChI is InChI=1S/C14H11N3O/c15-7-11-13(9-3-2-6-16-8-9)10-4-1-5-12(10)17-14(11)18/h2-3,6,8H,1,4-5H2,(H,17,18). The van der Waals surface area contributed by atoms with Gasteiger partial charge in [0, 0.05) is 29.2 Å².